The fourth-order valence-corrected chi connectivity index (χ4v) is 5.34. The molecular formula is C30H19Cl2N5O. The van der Waals surface area contributed by atoms with E-state index in [0.29, 0.717) is 21.8 Å². The lowest BCUT2D eigenvalue weighted by Gasteiger charge is -2.18. The van der Waals surface area contributed by atoms with Crippen LogP contribution in [0.5, 0.6) is 0 Å². The lowest BCUT2D eigenvalue weighted by atomic mass is 9.84. The van der Waals surface area contributed by atoms with Gasteiger partial charge in [0.1, 0.15) is 0 Å². The number of nitrogens with one attached hydrogen (secondary N) is 2. The molecule has 0 saturated heterocycles. The van der Waals surface area contributed by atoms with Crippen LogP contribution in [0.4, 0.5) is 0 Å². The molecule has 184 valence electrons. The molecule has 0 spiro atoms. The summed E-state index contributed by atoms with van der Waals surface area (Å²) in [5.74, 6) is 0.795. The lowest BCUT2D eigenvalue weighted by molar-refractivity contribution is 0.584. The molecule has 0 unspecified atom stereocenters. The second-order valence-electron chi connectivity index (χ2n) is 9.08. The molecule has 4 heterocycles. The summed E-state index contributed by atoms with van der Waals surface area (Å²) < 4.78 is 5.94. The summed E-state index contributed by atoms with van der Waals surface area (Å²) in [6, 6.07) is 23.7. The highest BCUT2D eigenvalue weighted by molar-refractivity contribution is 6.31. The molecule has 8 heteroatoms. The van der Waals surface area contributed by atoms with Gasteiger partial charge in [0.15, 0.2) is 0 Å². The second-order valence-corrected chi connectivity index (χ2v) is 9.95. The van der Waals surface area contributed by atoms with Crippen molar-refractivity contribution in [3.8, 4) is 22.9 Å². The summed E-state index contributed by atoms with van der Waals surface area (Å²) in [5.41, 5.74) is 7.00. The largest absolute Gasteiger partial charge is 0.416 e. The quantitative estimate of drug-likeness (QED) is 0.232. The van der Waals surface area contributed by atoms with Crippen molar-refractivity contribution in [2.45, 2.75) is 5.92 Å². The van der Waals surface area contributed by atoms with E-state index >= 15 is 0 Å². The van der Waals surface area contributed by atoms with Crippen molar-refractivity contribution in [2.75, 3.05) is 0 Å². The number of rotatable bonds is 5. The van der Waals surface area contributed by atoms with Crippen LogP contribution in [0.2, 0.25) is 10.0 Å². The van der Waals surface area contributed by atoms with E-state index in [9.17, 15) is 0 Å². The van der Waals surface area contributed by atoms with Crippen molar-refractivity contribution in [3.63, 3.8) is 0 Å². The molecule has 0 aliphatic carbocycles. The molecule has 7 aromatic rings. The van der Waals surface area contributed by atoms with Gasteiger partial charge in [0.2, 0.25) is 11.8 Å². The van der Waals surface area contributed by atoms with E-state index < -0.39 is 0 Å². The summed E-state index contributed by atoms with van der Waals surface area (Å²) in [7, 11) is 0. The van der Waals surface area contributed by atoms with E-state index in [1.165, 1.54) is 0 Å². The van der Waals surface area contributed by atoms with Crippen LogP contribution in [-0.4, -0.2) is 25.1 Å². The molecule has 0 radical (unpaired) electrons. The number of H-pyrrole nitrogens is 2. The number of hydrogen-bond acceptors (Lipinski definition) is 4. The Balaban J connectivity index is 1.34. The first-order chi connectivity index (χ1) is 18.6. The van der Waals surface area contributed by atoms with Gasteiger partial charge in [-0.1, -0.05) is 35.3 Å². The summed E-state index contributed by atoms with van der Waals surface area (Å²) in [6.07, 6.45) is 7.52. The van der Waals surface area contributed by atoms with Gasteiger partial charge in [0.05, 0.1) is 5.56 Å². The van der Waals surface area contributed by atoms with Crippen molar-refractivity contribution in [3.05, 3.63) is 124 Å². The monoisotopic (exact) mass is 535 g/mol. The molecule has 0 aliphatic rings. The van der Waals surface area contributed by atoms with Crippen LogP contribution in [-0.2, 0) is 0 Å². The maximum absolute atomic E-state index is 6.41. The maximum atomic E-state index is 6.41. The molecule has 0 aliphatic heterocycles. The number of fused-ring (bicyclic) bond motifs is 2. The Bertz CT molecular complexity index is 1820. The van der Waals surface area contributed by atoms with Crippen LogP contribution in [0.15, 0.2) is 102 Å². The van der Waals surface area contributed by atoms with Crippen molar-refractivity contribution in [1.29, 1.82) is 0 Å². The van der Waals surface area contributed by atoms with Gasteiger partial charge >= 0.3 is 0 Å². The number of nitrogens with zero attached hydrogens (tertiary/aromatic N) is 3. The van der Waals surface area contributed by atoms with Gasteiger partial charge in [-0.2, -0.15) is 0 Å². The zero-order valence-corrected chi connectivity index (χ0v) is 21.3. The van der Waals surface area contributed by atoms with Gasteiger partial charge in [-0.25, -0.2) is 0 Å². The van der Waals surface area contributed by atoms with E-state index in [4.69, 9.17) is 27.6 Å². The average molecular weight is 536 g/mol. The fourth-order valence-electron chi connectivity index (χ4n) is 5.00. The zero-order chi connectivity index (χ0) is 25.6. The van der Waals surface area contributed by atoms with Gasteiger partial charge < -0.3 is 14.4 Å². The lowest BCUT2D eigenvalue weighted by Crippen LogP contribution is -2.02. The zero-order valence-electron chi connectivity index (χ0n) is 19.8. The first-order valence-electron chi connectivity index (χ1n) is 12.0. The van der Waals surface area contributed by atoms with Gasteiger partial charge in [-0.05, 0) is 77.4 Å². The molecule has 6 nitrogen and oxygen atoms in total. The number of hydrogen-bond donors (Lipinski definition) is 2. The van der Waals surface area contributed by atoms with Crippen molar-refractivity contribution in [2.24, 2.45) is 0 Å². The Morgan fingerprint density at radius 1 is 0.684 bits per heavy atom. The SMILES string of the molecule is Clc1ccc2[nH]cc(C(c3ccc(-c4nnc(-c5cccnc5)o4)cc3)c3c[nH]c4ccc(Cl)cc34)c2c1. The number of benzene rings is 3. The summed E-state index contributed by atoms with van der Waals surface area (Å²) in [6.45, 7) is 0. The highest BCUT2D eigenvalue weighted by Crippen LogP contribution is 2.41. The Labute approximate surface area is 227 Å². The number of halogens is 2. The smallest absolute Gasteiger partial charge is 0.249 e. The van der Waals surface area contributed by atoms with Crippen molar-refractivity contribution in [1.82, 2.24) is 25.1 Å². The molecule has 2 N–H and O–H groups in total. The van der Waals surface area contributed by atoms with Gasteiger partial charge in [-0.15, -0.1) is 10.2 Å². The minimum absolute atomic E-state index is 0.0860. The summed E-state index contributed by atoms with van der Waals surface area (Å²) >= 11 is 12.8. The van der Waals surface area contributed by atoms with Gasteiger partial charge in [-0.3, -0.25) is 4.98 Å². The van der Waals surface area contributed by atoms with E-state index in [0.717, 1.165) is 49.6 Å². The van der Waals surface area contributed by atoms with E-state index in [1.54, 1.807) is 12.4 Å². The third-order valence-corrected chi connectivity index (χ3v) is 7.27. The van der Waals surface area contributed by atoms with Gasteiger partial charge in [0, 0.05) is 68.1 Å². The minimum Gasteiger partial charge on any atom is -0.416 e. The van der Waals surface area contributed by atoms with Crippen LogP contribution in [0, 0.1) is 0 Å². The molecule has 0 amide bonds. The van der Waals surface area contributed by atoms with Crippen LogP contribution in [0.1, 0.15) is 22.6 Å². The highest BCUT2D eigenvalue weighted by atomic mass is 35.5. The molecule has 0 atom stereocenters. The molecule has 0 saturated carbocycles. The third-order valence-electron chi connectivity index (χ3n) is 6.80. The van der Waals surface area contributed by atoms with Crippen LogP contribution < -0.4 is 0 Å². The molecule has 0 fully saturated rings. The van der Waals surface area contributed by atoms with Crippen LogP contribution >= 0.6 is 23.2 Å². The third kappa shape index (κ3) is 3.95. The standard InChI is InChI=1S/C30H19Cl2N5O/c31-20-7-9-26-22(12-20)24(15-34-26)28(25-16-35-27-10-8-21(32)13-23(25)27)17-3-5-18(6-4-17)29-36-37-30(38-29)19-2-1-11-33-14-19/h1-16,28,34-35H. The van der Waals surface area contributed by atoms with E-state index in [1.807, 2.05) is 60.7 Å². The Morgan fingerprint density at radius 3 is 1.87 bits per heavy atom. The Hall–Kier alpha value is -4.39. The van der Waals surface area contributed by atoms with E-state index in [2.05, 4.69) is 49.7 Å². The molecule has 7 rings (SSSR count). The Kier molecular flexibility index (Phi) is 5.50. The number of pyridine rings is 1. The van der Waals surface area contributed by atoms with Crippen LogP contribution in [0.3, 0.4) is 0 Å². The predicted octanol–water partition coefficient (Wildman–Crippen LogP) is 8.25. The average Bonchev–Trinajstić information content (AvgIpc) is 3.69. The van der Waals surface area contributed by atoms with E-state index in [-0.39, 0.29) is 5.92 Å². The molecule has 3 aromatic carbocycles. The predicted molar refractivity (Wildman–Crippen MR) is 151 cm³/mol. The molecule has 38 heavy (non-hydrogen) atoms. The Morgan fingerprint density at radius 2 is 1.29 bits per heavy atom. The molecule has 0 bridgehead atoms. The minimum atomic E-state index is -0.0860. The maximum Gasteiger partial charge on any atom is 0.249 e. The van der Waals surface area contributed by atoms with Crippen LogP contribution in [0.25, 0.3) is 44.7 Å². The highest BCUT2D eigenvalue weighted by Gasteiger charge is 2.24. The molecular weight excluding hydrogens is 517 g/mol. The fraction of sp³-hybridized carbons (Fsp3) is 0.0333. The topological polar surface area (TPSA) is 83.4 Å². The molecule has 4 aromatic heterocycles. The van der Waals surface area contributed by atoms with Crippen molar-refractivity contribution < 1.29 is 4.42 Å². The first kappa shape index (κ1) is 22.8. The summed E-state index contributed by atoms with van der Waals surface area (Å²) in [4.78, 5) is 10.9. The van der Waals surface area contributed by atoms with Crippen molar-refractivity contribution >= 4 is 45.0 Å². The van der Waals surface area contributed by atoms with Gasteiger partial charge in [0.25, 0.3) is 0 Å². The second kappa shape index (κ2) is 9.17. The normalized spacial score (nSPS) is 11.7. The number of aromatic nitrogens is 5. The summed E-state index contributed by atoms with van der Waals surface area (Å²) in [5, 5.41) is 12.0. The number of aromatic amines is 2. The first-order valence-corrected chi connectivity index (χ1v) is 12.8.